The van der Waals surface area contributed by atoms with E-state index in [1.807, 2.05) is 0 Å². The summed E-state index contributed by atoms with van der Waals surface area (Å²) in [5.41, 5.74) is 0.439. The van der Waals surface area contributed by atoms with Crippen LogP contribution in [0.2, 0.25) is 0 Å². The second kappa shape index (κ2) is 4.85. The van der Waals surface area contributed by atoms with Crippen molar-refractivity contribution in [1.29, 1.82) is 0 Å². The minimum absolute atomic E-state index is 0.439. The van der Waals surface area contributed by atoms with Gasteiger partial charge in [-0.05, 0) is 43.6 Å². The van der Waals surface area contributed by atoms with Gasteiger partial charge in [-0.25, -0.2) is 0 Å². The minimum atomic E-state index is 0.439. The molecule has 2 fully saturated rings. The first kappa shape index (κ1) is 10.8. The smallest absolute Gasteiger partial charge is 0.0292 e. The molecule has 0 amide bonds. The van der Waals surface area contributed by atoms with E-state index in [1.54, 1.807) is 0 Å². The molecule has 82 valence electrons. The SMILES string of the molecule is ClCC1(CNCC2CC2)CCCCC1. The van der Waals surface area contributed by atoms with E-state index in [4.69, 9.17) is 11.6 Å². The Labute approximate surface area is 92.6 Å². The first-order valence-electron chi connectivity index (χ1n) is 6.11. The van der Waals surface area contributed by atoms with Gasteiger partial charge in [0.2, 0.25) is 0 Å². The van der Waals surface area contributed by atoms with Gasteiger partial charge in [0.25, 0.3) is 0 Å². The normalized spacial score (nSPS) is 26.4. The van der Waals surface area contributed by atoms with Crippen molar-refractivity contribution in [1.82, 2.24) is 5.32 Å². The third-order valence-corrected chi connectivity index (χ3v) is 4.39. The largest absolute Gasteiger partial charge is 0.316 e. The maximum absolute atomic E-state index is 6.13. The predicted molar refractivity (Wildman–Crippen MR) is 61.8 cm³/mol. The van der Waals surface area contributed by atoms with E-state index in [9.17, 15) is 0 Å². The molecular formula is C12H22ClN. The molecule has 0 heterocycles. The highest BCUT2D eigenvalue weighted by Crippen LogP contribution is 2.37. The van der Waals surface area contributed by atoms with Crippen molar-refractivity contribution < 1.29 is 0 Å². The third-order valence-electron chi connectivity index (χ3n) is 3.83. The number of hydrogen-bond donors (Lipinski definition) is 1. The fourth-order valence-electron chi connectivity index (χ4n) is 2.52. The van der Waals surface area contributed by atoms with E-state index < -0.39 is 0 Å². The summed E-state index contributed by atoms with van der Waals surface area (Å²) in [6.45, 7) is 2.39. The van der Waals surface area contributed by atoms with Gasteiger partial charge in [0.15, 0.2) is 0 Å². The lowest BCUT2D eigenvalue weighted by Crippen LogP contribution is -2.38. The quantitative estimate of drug-likeness (QED) is 0.695. The van der Waals surface area contributed by atoms with E-state index in [2.05, 4.69) is 5.32 Å². The van der Waals surface area contributed by atoms with Gasteiger partial charge in [0.05, 0.1) is 0 Å². The van der Waals surface area contributed by atoms with Crippen LogP contribution >= 0.6 is 11.6 Å². The molecule has 2 saturated carbocycles. The van der Waals surface area contributed by atoms with Crippen LogP contribution in [0.4, 0.5) is 0 Å². The second-order valence-corrected chi connectivity index (χ2v) is 5.54. The van der Waals surface area contributed by atoms with Crippen molar-refractivity contribution >= 4 is 11.6 Å². The standard InChI is InChI=1S/C12H22ClN/c13-9-12(6-2-1-3-7-12)10-14-8-11-4-5-11/h11,14H,1-10H2. The highest BCUT2D eigenvalue weighted by Gasteiger charge is 2.31. The Morgan fingerprint density at radius 3 is 2.43 bits per heavy atom. The molecule has 14 heavy (non-hydrogen) atoms. The summed E-state index contributed by atoms with van der Waals surface area (Å²) in [5.74, 6) is 1.84. The lowest BCUT2D eigenvalue weighted by Gasteiger charge is -2.35. The molecule has 0 atom stereocenters. The van der Waals surface area contributed by atoms with Gasteiger partial charge in [0, 0.05) is 12.4 Å². The Morgan fingerprint density at radius 2 is 1.86 bits per heavy atom. The lowest BCUT2D eigenvalue weighted by molar-refractivity contribution is 0.212. The molecule has 0 unspecified atom stereocenters. The number of halogens is 1. The van der Waals surface area contributed by atoms with Gasteiger partial charge in [0.1, 0.15) is 0 Å². The number of alkyl halides is 1. The average Bonchev–Trinajstić information content (AvgIpc) is 3.03. The average molecular weight is 216 g/mol. The van der Waals surface area contributed by atoms with E-state index in [0.29, 0.717) is 5.41 Å². The van der Waals surface area contributed by atoms with Crippen LogP contribution in [0.25, 0.3) is 0 Å². The van der Waals surface area contributed by atoms with Gasteiger partial charge >= 0.3 is 0 Å². The third kappa shape index (κ3) is 2.87. The second-order valence-electron chi connectivity index (χ2n) is 5.27. The zero-order chi connectivity index (χ0) is 9.86. The predicted octanol–water partition coefficient (Wildman–Crippen LogP) is 3.18. The van der Waals surface area contributed by atoms with Crippen LogP contribution in [0, 0.1) is 11.3 Å². The van der Waals surface area contributed by atoms with Crippen molar-refractivity contribution in [2.24, 2.45) is 11.3 Å². The summed E-state index contributed by atoms with van der Waals surface area (Å²) in [6.07, 6.45) is 9.76. The lowest BCUT2D eigenvalue weighted by atomic mass is 9.75. The molecule has 2 heteroatoms. The first-order chi connectivity index (χ1) is 6.85. The van der Waals surface area contributed by atoms with Crippen LogP contribution in [-0.2, 0) is 0 Å². The highest BCUT2D eigenvalue weighted by atomic mass is 35.5. The topological polar surface area (TPSA) is 12.0 Å². The van der Waals surface area contributed by atoms with E-state index >= 15 is 0 Å². The van der Waals surface area contributed by atoms with Crippen LogP contribution in [0.1, 0.15) is 44.9 Å². The Bertz CT molecular complexity index is 171. The molecule has 0 aromatic heterocycles. The zero-order valence-electron chi connectivity index (χ0n) is 9.03. The molecule has 0 aliphatic heterocycles. The van der Waals surface area contributed by atoms with Crippen molar-refractivity contribution in [3.05, 3.63) is 0 Å². The van der Waals surface area contributed by atoms with Crippen molar-refractivity contribution in [3.8, 4) is 0 Å². The zero-order valence-corrected chi connectivity index (χ0v) is 9.78. The Hall–Kier alpha value is 0.250. The summed E-state index contributed by atoms with van der Waals surface area (Å²) in [5, 5.41) is 3.62. The minimum Gasteiger partial charge on any atom is -0.316 e. The summed E-state index contributed by atoms with van der Waals surface area (Å²) < 4.78 is 0. The van der Waals surface area contributed by atoms with E-state index in [0.717, 1.165) is 18.3 Å². The molecule has 2 aliphatic carbocycles. The number of rotatable bonds is 5. The van der Waals surface area contributed by atoms with Crippen LogP contribution in [0.15, 0.2) is 0 Å². The molecule has 0 aromatic rings. The molecule has 0 bridgehead atoms. The maximum atomic E-state index is 6.13. The Balaban J connectivity index is 1.71. The fourth-order valence-corrected chi connectivity index (χ4v) is 2.88. The molecule has 0 aromatic carbocycles. The number of hydrogen-bond acceptors (Lipinski definition) is 1. The molecular weight excluding hydrogens is 194 g/mol. The molecule has 0 radical (unpaired) electrons. The fraction of sp³-hybridized carbons (Fsp3) is 1.00. The van der Waals surface area contributed by atoms with Gasteiger partial charge in [-0.2, -0.15) is 0 Å². The van der Waals surface area contributed by atoms with Crippen molar-refractivity contribution in [2.45, 2.75) is 44.9 Å². The molecule has 0 saturated heterocycles. The Morgan fingerprint density at radius 1 is 1.14 bits per heavy atom. The number of nitrogens with one attached hydrogen (secondary N) is 1. The van der Waals surface area contributed by atoms with Crippen molar-refractivity contribution in [3.63, 3.8) is 0 Å². The van der Waals surface area contributed by atoms with E-state index in [-0.39, 0.29) is 0 Å². The van der Waals surface area contributed by atoms with Crippen LogP contribution in [0.5, 0.6) is 0 Å². The van der Waals surface area contributed by atoms with Crippen LogP contribution < -0.4 is 5.32 Å². The van der Waals surface area contributed by atoms with Crippen LogP contribution in [0.3, 0.4) is 0 Å². The van der Waals surface area contributed by atoms with Crippen molar-refractivity contribution in [2.75, 3.05) is 19.0 Å². The van der Waals surface area contributed by atoms with Gasteiger partial charge in [-0.3, -0.25) is 0 Å². The van der Waals surface area contributed by atoms with E-state index in [1.165, 1.54) is 51.5 Å². The Kier molecular flexibility index (Phi) is 3.73. The molecule has 1 N–H and O–H groups in total. The summed E-state index contributed by atoms with van der Waals surface area (Å²) in [6, 6.07) is 0. The first-order valence-corrected chi connectivity index (χ1v) is 6.65. The summed E-state index contributed by atoms with van der Waals surface area (Å²) in [7, 11) is 0. The summed E-state index contributed by atoms with van der Waals surface area (Å²) >= 11 is 6.13. The van der Waals surface area contributed by atoms with Gasteiger partial charge < -0.3 is 5.32 Å². The highest BCUT2D eigenvalue weighted by molar-refractivity contribution is 6.18. The molecule has 2 rings (SSSR count). The van der Waals surface area contributed by atoms with Crippen LogP contribution in [-0.4, -0.2) is 19.0 Å². The molecule has 0 spiro atoms. The van der Waals surface area contributed by atoms with Gasteiger partial charge in [-0.15, -0.1) is 11.6 Å². The molecule has 2 aliphatic rings. The van der Waals surface area contributed by atoms with Gasteiger partial charge in [-0.1, -0.05) is 19.3 Å². The maximum Gasteiger partial charge on any atom is 0.0292 e. The summed E-state index contributed by atoms with van der Waals surface area (Å²) in [4.78, 5) is 0. The molecule has 1 nitrogen and oxygen atoms in total. The monoisotopic (exact) mass is 215 g/mol.